The fourth-order valence-electron chi connectivity index (χ4n) is 3.82. The molecule has 1 aromatic heterocycles. The lowest BCUT2D eigenvalue weighted by Gasteiger charge is -2.38. The molecule has 0 spiro atoms. The van der Waals surface area contributed by atoms with Gasteiger partial charge in [-0.3, -0.25) is 5.84 Å². The third-order valence-electron chi connectivity index (χ3n) is 5.26. The molecule has 0 bridgehead atoms. The van der Waals surface area contributed by atoms with E-state index in [-0.39, 0.29) is 6.03 Å². The lowest BCUT2D eigenvalue weighted by atomic mass is 9.88. The molecule has 1 aliphatic heterocycles. The molecule has 0 aromatic carbocycles. The minimum Gasteiger partial charge on any atom is -0.366 e. The molecule has 1 aliphatic carbocycles. The van der Waals surface area contributed by atoms with Gasteiger partial charge in [0.15, 0.2) is 0 Å². The summed E-state index contributed by atoms with van der Waals surface area (Å²) in [6.07, 6.45) is 12.3. The lowest BCUT2D eigenvalue weighted by Crippen LogP contribution is -2.51. The molecule has 2 amide bonds. The molecule has 0 radical (unpaired) electrons. The number of likely N-dealkylation sites (tertiary alicyclic amines) is 1. The number of nitrogens with zero attached hydrogens (tertiary/aromatic N) is 2. The second-order valence-corrected chi connectivity index (χ2v) is 6.95. The van der Waals surface area contributed by atoms with Crippen molar-refractivity contribution in [2.75, 3.05) is 25.0 Å². The number of anilines is 1. The maximum Gasteiger partial charge on any atom is 0.321 e. The Labute approximate surface area is 138 Å². The Bertz CT molecular complexity index is 475. The van der Waals surface area contributed by atoms with Crippen LogP contribution in [-0.2, 0) is 0 Å². The zero-order valence-corrected chi connectivity index (χ0v) is 13.8. The van der Waals surface area contributed by atoms with Crippen LogP contribution in [0.4, 0.5) is 10.5 Å². The Kier molecular flexibility index (Phi) is 5.56. The van der Waals surface area contributed by atoms with Gasteiger partial charge in [-0.25, -0.2) is 9.80 Å². The quantitative estimate of drug-likeness (QED) is 0.590. The van der Waals surface area contributed by atoms with Crippen LogP contribution in [0.15, 0.2) is 18.5 Å². The van der Waals surface area contributed by atoms with Gasteiger partial charge in [-0.2, -0.15) is 0 Å². The van der Waals surface area contributed by atoms with E-state index in [0.29, 0.717) is 6.04 Å². The molecular formula is C17H29N5O. The average Bonchev–Trinajstić information content (AvgIpc) is 3.09. The van der Waals surface area contributed by atoms with Crippen LogP contribution in [0, 0.1) is 5.92 Å². The van der Waals surface area contributed by atoms with Crippen molar-refractivity contribution in [1.82, 2.24) is 14.9 Å². The molecule has 1 saturated carbocycles. The number of nitrogens with two attached hydrogens (primary N) is 1. The number of rotatable bonds is 4. The average molecular weight is 319 g/mol. The summed E-state index contributed by atoms with van der Waals surface area (Å²) in [5.74, 6) is 7.09. The van der Waals surface area contributed by atoms with Gasteiger partial charge < -0.3 is 15.2 Å². The van der Waals surface area contributed by atoms with Gasteiger partial charge in [0, 0.05) is 38.1 Å². The van der Waals surface area contributed by atoms with Gasteiger partial charge in [-0.05, 0) is 37.7 Å². The lowest BCUT2D eigenvalue weighted by molar-refractivity contribution is 0.0990. The molecule has 2 fully saturated rings. The monoisotopic (exact) mass is 319 g/mol. The number of H-pyrrole nitrogens is 1. The number of hydrogen-bond acceptors (Lipinski definition) is 3. The van der Waals surface area contributed by atoms with Gasteiger partial charge in [-0.15, -0.1) is 0 Å². The minimum atomic E-state index is -0.0149. The van der Waals surface area contributed by atoms with Gasteiger partial charge in [0.2, 0.25) is 0 Å². The predicted octanol–water partition coefficient (Wildman–Crippen LogP) is 2.77. The molecule has 23 heavy (non-hydrogen) atoms. The molecular weight excluding hydrogens is 290 g/mol. The molecule has 0 atom stereocenters. The van der Waals surface area contributed by atoms with Gasteiger partial charge in [-0.1, -0.05) is 19.3 Å². The molecule has 2 heterocycles. The predicted molar refractivity (Wildman–Crippen MR) is 91.9 cm³/mol. The molecule has 1 aromatic rings. The highest BCUT2D eigenvalue weighted by molar-refractivity contribution is 5.89. The van der Waals surface area contributed by atoms with Crippen molar-refractivity contribution >= 4 is 11.7 Å². The first-order chi connectivity index (χ1) is 11.2. The maximum absolute atomic E-state index is 12.2. The first-order valence-electron chi connectivity index (χ1n) is 8.92. The van der Waals surface area contributed by atoms with E-state index < -0.39 is 0 Å². The summed E-state index contributed by atoms with van der Waals surface area (Å²) in [4.78, 5) is 17.0. The second kappa shape index (κ2) is 7.84. The summed E-state index contributed by atoms with van der Waals surface area (Å²) < 4.78 is 0. The summed E-state index contributed by atoms with van der Waals surface area (Å²) in [5, 5.41) is 4.97. The van der Waals surface area contributed by atoms with E-state index in [1.165, 1.54) is 32.1 Å². The smallest absolute Gasteiger partial charge is 0.321 e. The first-order valence-corrected chi connectivity index (χ1v) is 8.92. The Hall–Kier alpha value is -1.53. The highest BCUT2D eigenvalue weighted by Gasteiger charge is 2.27. The summed E-state index contributed by atoms with van der Waals surface area (Å²) in [6, 6.07) is 2.25. The normalized spacial score (nSPS) is 20.9. The number of nitrogens with one attached hydrogen (secondary N) is 2. The largest absolute Gasteiger partial charge is 0.366 e. The molecule has 3 rings (SSSR count). The summed E-state index contributed by atoms with van der Waals surface area (Å²) in [6.45, 7) is 2.57. The topological polar surface area (TPSA) is 77.4 Å². The third kappa shape index (κ3) is 4.48. The van der Waals surface area contributed by atoms with Crippen LogP contribution in [0.25, 0.3) is 0 Å². The van der Waals surface area contributed by atoms with E-state index in [2.05, 4.69) is 15.3 Å². The molecule has 4 N–H and O–H groups in total. The fourth-order valence-corrected chi connectivity index (χ4v) is 3.82. The van der Waals surface area contributed by atoms with Crippen molar-refractivity contribution in [3.8, 4) is 0 Å². The Morgan fingerprint density at radius 2 is 2.00 bits per heavy atom. The van der Waals surface area contributed by atoms with Crippen molar-refractivity contribution in [2.45, 2.75) is 51.0 Å². The summed E-state index contributed by atoms with van der Waals surface area (Å²) in [7, 11) is 0. The highest BCUT2D eigenvalue weighted by atomic mass is 16.2. The van der Waals surface area contributed by atoms with Crippen LogP contribution in [0.1, 0.15) is 44.9 Å². The molecule has 128 valence electrons. The van der Waals surface area contributed by atoms with Crippen molar-refractivity contribution in [3.05, 3.63) is 18.5 Å². The SMILES string of the molecule is NN(CC1CCCCC1)C1CCN(C(=O)Nc2cc[nH]c2)CC1. The molecule has 2 aliphatic rings. The van der Waals surface area contributed by atoms with Crippen LogP contribution >= 0.6 is 0 Å². The van der Waals surface area contributed by atoms with E-state index >= 15 is 0 Å². The van der Waals surface area contributed by atoms with E-state index in [1.807, 2.05) is 11.0 Å². The zero-order valence-electron chi connectivity index (χ0n) is 13.8. The van der Waals surface area contributed by atoms with E-state index in [1.54, 1.807) is 12.4 Å². The molecule has 6 nitrogen and oxygen atoms in total. The van der Waals surface area contributed by atoms with Gasteiger partial charge in [0.25, 0.3) is 0 Å². The van der Waals surface area contributed by atoms with Gasteiger partial charge >= 0.3 is 6.03 Å². The maximum atomic E-state index is 12.2. The third-order valence-corrected chi connectivity index (χ3v) is 5.26. The minimum absolute atomic E-state index is 0.0149. The number of urea groups is 1. The van der Waals surface area contributed by atoms with Gasteiger partial charge in [0.05, 0.1) is 5.69 Å². The fraction of sp³-hybridized carbons (Fsp3) is 0.706. The van der Waals surface area contributed by atoms with Crippen molar-refractivity contribution in [3.63, 3.8) is 0 Å². The van der Waals surface area contributed by atoms with Crippen LogP contribution in [0.2, 0.25) is 0 Å². The number of aromatic nitrogens is 1. The second-order valence-electron chi connectivity index (χ2n) is 6.95. The van der Waals surface area contributed by atoms with E-state index in [9.17, 15) is 4.79 Å². The number of carbonyl (C=O) groups is 1. The molecule has 0 unspecified atom stereocenters. The van der Waals surface area contributed by atoms with E-state index in [0.717, 1.165) is 44.1 Å². The summed E-state index contributed by atoms with van der Waals surface area (Å²) >= 11 is 0. The van der Waals surface area contributed by atoms with Crippen LogP contribution in [0.5, 0.6) is 0 Å². The zero-order chi connectivity index (χ0) is 16.1. The van der Waals surface area contributed by atoms with Crippen LogP contribution < -0.4 is 11.2 Å². The van der Waals surface area contributed by atoms with Gasteiger partial charge in [0.1, 0.15) is 0 Å². The van der Waals surface area contributed by atoms with Crippen molar-refractivity contribution in [2.24, 2.45) is 11.8 Å². The Morgan fingerprint density at radius 3 is 2.65 bits per heavy atom. The summed E-state index contributed by atoms with van der Waals surface area (Å²) in [5.41, 5.74) is 0.815. The van der Waals surface area contributed by atoms with Crippen LogP contribution in [-0.4, -0.2) is 46.6 Å². The molecule has 6 heteroatoms. The van der Waals surface area contributed by atoms with Crippen molar-refractivity contribution < 1.29 is 4.79 Å². The highest BCUT2D eigenvalue weighted by Crippen LogP contribution is 2.25. The number of aromatic amines is 1. The standard InChI is InChI=1S/C17H29N5O/c18-22(13-14-4-2-1-3-5-14)16-7-10-21(11-8-16)17(23)20-15-6-9-19-12-15/h6,9,12,14,16,19H,1-5,7-8,10-11,13,18H2,(H,20,23). The number of hydrazine groups is 1. The number of piperidine rings is 1. The van der Waals surface area contributed by atoms with Crippen molar-refractivity contribution in [1.29, 1.82) is 0 Å². The number of amides is 2. The van der Waals surface area contributed by atoms with Crippen LogP contribution in [0.3, 0.4) is 0 Å². The first kappa shape index (κ1) is 16.3. The Morgan fingerprint density at radius 1 is 1.26 bits per heavy atom. The van der Waals surface area contributed by atoms with E-state index in [4.69, 9.17) is 5.84 Å². The Balaban J connectivity index is 1.41. The number of hydrogen-bond donors (Lipinski definition) is 3. The molecule has 1 saturated heterocycles. The number of carbonyl (C=O) groups excluding carboxylic acids is 1.